The van der Waals surface area contributed by atoms with Crippen molar-refractivity contribution in [3.8, 4) is 11.5 Å². The van der Waals surface area contributed by atoms with E-state index in [1.165, 1.54) is 12.8 Å². The quantitative estimate of drug-likeness (QED) is 0.215. The Morgan fingerprint density at radius 2 is 1.85 bits per heavy atom. The van der Waals surface area contributed by atoms with Gasteiger partial charge in [0.25, 0.3) is 0 Å². The fraction of sp³-hybridized carbons (Fsp3) is 0.650. The van der Waals surface area contributed by atoms with Crippen molar-refractivity contribution in [1.29, 1.82) is 0 Å². The smallest absolute Gasteiger partial charge is 0.191 e. The van der Waals surface area contributed by atoms with Crippen molar-refractivity contribution < 1.29 is 14.2 Å². The number of rotatable bonds is 11. The third kappa shape index (κ3) is 7.73. The van der Waals surface area contributed by atoms with E-state index in [0.717, 1.165) is 55.7 Å². The van der Waals surface area contributed by atoms with Gasteiger partial charge in [-0.3, -0.25) is 0 Å². The van der Waals surface area contributed by atoms with Crippen LogP contribution in [0.15, 0.2) is 23.2 Å². The van der Waals surface area contributed by atoms with Crippen LogP contribution in [0.2, 0.25) is 0 Å². The number of hydrogen-bond acceptors (Lipinski definition) is 4. The highest BCUT2D eigenvalue weighted by Crippen LogP contribution is 2.48. The van der Waals surface area contributed by atoms with Crippen LogP contribution in [0.1, 0.15) is 38.7 Å². The zero-order chi connectivity index (χ0) is 18.8. The van der Waals surface area contributed by atoms with E-state index in [0.29, 0.717) is 12.0 Å². The van der Waals surface area contributed by atoms with Gasteiger partial charge in [0.15, 0.2) is 17.5 Å². The minimum absolute atomic E-state index is 0. The maximum Gasteiger partial charge on any atom is 0.191 e. The normalized spacial score (nSPS) is 14.9. The van der Waals surface area contributed by atoms with E-state index < -0.39 is 0 Å². The van der Waals surface area contributed by atoms with E-state index in [9.17, 15) is 0 Å². The van der Waals surface area contributed by atoms with Crippen LogP contribution in [0.4, 0.5) is 0 Å². The third-order valence-corrected chi connectivity index (χ3v) is 4.78. The van der Waals surface area contributed by atoms with Gasteiger partial charge in [0.2, 0.25) is 0 Å². The summed E-state index contributed by atoms with van der Waals surface area (Å²) in [5.41, 5.74) is 1.46. The summed E-state index contributed by atoms with van der Waals surface area (Å²) in [4.78, 5) is 4.71. The van der Waals surface area contributed by atoms with Crippen LogP contribution in [-0.4, -0.2) is 46.5 Å². The molecule has 1 aliphatic carbocycles. The molecule has 7 heteroatoms. The first-order chi connectivity index (χ1) is 12.7. The number of hydrogen-bond donors (Lipinski definition) is 2. The Morgan fingerprint density at radius 1 is 1.11 bits per heavy atom. The standard InChI is InChI=1S/C20H33N3O3.HI/c1-5-21-19(23-15-20(9-10-20)11-12-26-6-2)22-14-16-7-8-17(24-3)18(13-16)25-4;/h7-8,13H,5-6,9-12,14-15H2,1-4H3,(H2,21,22,23);1H. The number of guanidine groups is 1. The largest absolute Gasteiger partial charge is 0.493 e. The SMILES string of the molecule is CCNC(=NCc1ccc(OC)c(OC)c1)NCC1(CCOCC)CC1.I. The highest BCUT2D eigenvalue weighted by atomic mass is 127. The first-order valence-electron chi connectivity index (χ1n) is 9.47. The number of benzene rings is 1. The van der Waals surface area contributed by atoms with Gasteiger partial charge < -0.3 is 24.8 Å². The van der Waals surface area contributed by atoms with Gasteiger partial charge in [-0.2, -0.15) is 0 Å². The molecule has 0 amide bonds. The zero-order valence-corrected chi connectivity index (χ0v) is 19.3. The predicted molar refractivity (Wildman–Crippen MR) is 121 cm³/mol. The van der Waals surface area contributed by atoms with Gasteiger partial charge in [-0.1, -0.05) is 6.07 Å². The van der Waals surface area contributed by atoms with Crippen LogP contribution in [0.3, 0.4) is 0 Å². The summed E-state index contributed by atoms with van der Waals surface area (Å²) in [5, 5.41) is 6.82. The Morgan fingerprint density at radius 3 is 2.44 bits per heavy atom. The van der Waals surface area contributed by atoms with Gasteiger partial charge in [-0.15, -0.1) is 24.0 Å². The molecule has 0 spiro atoms. The lowest BCUT2D eigenvalue weighted by Crippen LogP contribution is -2.40. The van der Waals surface area contributed by atoms with Crippen LogP contribution < -0.4 is 20.1 Å². The Balaban J connectivity index is 0.00000364. The first kappa shape index (κ1) is 23.8. The van der Waals surface area contributed by atoms with Crippen molar-refractivity contribution in [2.24, 2.45) is 10.4 Å². The van der Waals surface area contributed by atoms with Crippen molar-refractivity contribution >= 4 is 29.9 Å². The number of methoxy groups -OCH3 is 2. The van der Waals surface area contributed by atoms with E-state index >= 15 is 0 Å². The number of aliphatic imine (C=N–C) groups is 1. The number of nitrogens with one attached hydrogen (secondary N) is 2. The molecule has 0 heterocycles. The van der Waals surface area contributed by atoms with E-state index in [-0.39, 0.29) is 24.0 Å². The molecule has 2 N–H and O–H groups in total. The molecule has 0 aliphatic heterocycles. The minimum Gasteiger partial charge on any atom is -0.493 e. The summed E-state index contributed by atoms with van der Waals surface area (Å²) in [7, 11) is 3.29. The fourth-order valence-electron chi connectivity index (χ4n) is 2.89. The van der Waals surface area contributed by atoms with Gasteiger partial charge in [0, 0.05) is 26.3 Å². The molecule has 1 aromatic rings. The highest BCUT2D eigenvalue weighted by molar-refractivity contribution is 14.0. The van der Waals surface area contributed by atoms with Crippen molar-refractivity contribution in [3.05, 3.63) is 23.8 Å². The second-order valence-corrected chi connectivity index (χ2v) is 6.68. The molecule has 1 saturated carbocycles. The maximum atomic E-state index is 5.51. The third-order valence-electron chi connectivity index (χ3n) is 4.78. The molecule has 0 unspecified atom stereocenters. The molecule has 0 atom stereocenters. The molecule has 0 bridgehead atoms. The molecule has 0 aromatic heterocycles. The Labute approximate surface area is 180 Å². The lowest BCUT2D eigenvalue weighted by Gasteiger charge is -2.18. The molecule has 0 radical (unpaired) electrons. The van der Waals surface area contributed by atoms with E-state index in [1.807, 2.05) is 25.1 Å². The highest BCUT2D eigenvalue weighted by Gasteiger charge is 2.41. The van der Waals surface area contributed by atoms with Gasteiger partial charge in [0.1, 0.15) is 0 Å². The molecule has 6 nitrogen and oxygen atoms in total. The van der Waals surface area contributed by atoms with Gasteiger partial charge >= 0.3 is 0 Å². The van der Waals surface area contributed by atoms with Crippen LogP contribution in [-0.2, 0) is 11.3 Å². The van der Waals surface area contributed by atoms with Crippen LogP contribution in [0.25, 0.3) is 0 Å². The predicted octanol–water partition coefficient (Wildman–Crippen LogP) is 3.58. The molecular weight excluding hydrogens is 457 g/mol. The minimum atomic E-state index is 0. The van der Waals surface area contributed by atoms with Gasteiger partial charge in [-0.05, 0) is 56.2 Å². The summed E-state index contributed by atoms with van der Waals surface area (Å²) in [6.45, 7) is 8.12. The average Bonchev–Trinajstić information content (AvgIpc) is 3.44. The Hall–Kier alpha value is -1.22. The lowest BCUT2D eigenvalue weighted by atomic mass is 10.0. The molecule has 1 aromatic carbocycles. The van der Waals surface area contributed by atoms with Crippen molar-refractivity contribution in [2.75, 3.05) is 40.5 Å². The molecule has 1 fully saturated rings. The fourth-order valence-corrected chi connectivity index (χ4v) is 2.89. The molecule has 1 aliphatic rings. The first-order valence-corrected chi connectivity index (χ1v) is 9.47. The molecule has 0 saturated heterocycles. The number of halogens is 1. The van der Waals surface area contributed by atoms with E-state index in [2.05, 4.69) is 17.6 Å². The van der Waals surface area contributed by atoms with E-state index in [4.69, 9.17) is 19.2 Å². The van der Waals surface area contributed by atoms with Crippen LogP contribution in [0, 0.1) is 5.41 Å². The Kier molecular flexibility index (Phi) is 10.8. The van der Waals surface area contributed by atoms with Crippen molar-refractivity contribution in [1.82, 2.24) is 10.6 Å². The maximum absolute atomic E-state index is 5.51. The summed E-state index contributed by atoms with van der Waals surface area (Å²) >= 11 is 0. The van der Waals surface area contributed by atoms with Crippen molar-refractivity contribution in [2.45, 2.75) is 39.7 Å². The van der Waals surface area contributed by atoms with Gasteiger partial charge in [-0.25, -0.2) is 4.99 Å². The topological polar surface area (TPSA) is 64.1 Å². The molecule has 27 heavy (non-hydrogen) atoms. The number of nitrogens with zero attached hydrogens (tertiary/aromatic N) is 1. The summed E-state index contributed by atoms with van der Waals surface area (Å²) < 4.78 is 16.2. The van der Waals surface area contributed by atoms with Crippen LogP contribution >= 0.6 is 24.0 Å². The van der Waals surface area contributed by atoms with Crippen LogP contribution in [0.5, 0.6) is 11.5 Å². The van der Waals surface area contributed by atoms with Gasteiger partial charge in [0.05, 0.1) is 20.8 Å². The second-order valence-electron chi connectivity index (χ2n) is 6.68. The molecule has 2 rings (SSSR count). The summed E-state index contributed by atoms with van der Waals surface area (Å²) in [5.74, 6) is 2.31. The van der Waals surface area contributed by atoms with Crippen molar-refractivity contribution in [3.63, 3.8) is 0 Å². The molecule has 154 valence electrons. The monoisotopic (exact) mass is 491 g/mol. The summed E-state index contributed by atoms with van der Waals surface area (Å²) in [6, 6.07) is 5.90. The lowest BCUT2D eigenvalue weighted by molar-refractivity contribution is 0.128. The Bertz CT molecular complexity index is 592. The summed E-state index contributed by atoms with van der Waals surface area (Å²) in [6.07, 6.45) is 3.65. The van der Waals surface area contributed by atoms with E-state index in [1.54, 1.807) is 14.2 Å². The molecular formula is C20H34IN3O3. The second kappa shape index (κ2) is 12.3. The zero-order valence-electron chi connectivity index (χ0n) is 17.0. The average molecular weight is 491 g/mol. The number of ether oxygens (including phenoxy) is 3.